The first-order valence-electron chi connectivity index (χ1n) is 9.78. The molecule has 2 heterocycles. The molecule has 0 amide bonds. The average molecular weight is 469 g/mol. The monoisotopic (exact) mass is 468 g/mol. The molecule has 1 aliphatic heterocycles. The number of ether oxygens (including phenoxy) is 1. The molecule has 1 N–H and O–H groups in total. The van der Waals surface area contributed by atoms with E-state index in [-0.39, 0.29) is 23.6 Å². The van der Waals surface area contributed by atoms with Crippen LogP contribution in [-0.4, -0.2) is 65.3 Å². The van der Waals surface area contributed by atoms with Gasteiger partial charge in [-0.2, -0.15) is 5.10 Å². The van der Waals surface area contributed by atoms with Gasteiger partial charge in [0, 0.05) is 50.2 Å². The van der Waals surface area contributed by atoms with Crippen molar-refractivity contribution >= 4 is 29.5 Å². The zero-order valence-electron chi connectivity index (χ0n) is 17.2. The molecule has 1 aromatic heterocycles. The van der Waals surface area contributed by atoms with Crippen molar-refractivity contribution in [1.82, 2.24) is 14.6 Å². The summed E-state index contributed by atoms with van der Waals surface area (Å²) in [5.41, 5.74) is 0.961. The molecule has 0 saturated carbocycles. The number of pyridine rings is 1. The van der Waals surface area contributed by atoms with Crippen LogP contribution >= 0.6 is 0 Å². The van der Waals surface area contributed by atoms with E-state index in [9.17, 15) is 17.4 Å². The van der Waals surface area contributed by atoms with E-state index >= 15 is 0 Å². The van der Waals surface area contributed by atoms with E-state index in [0.29, 0.717) is 31.9 Å². The summed E-state index contributed by atoms with van der Waals surface area (Å²) in [5.74, 6) is -0.898. The quantitative estimate of drug-likeness (QED) is 0.348. The second kappa shape index (κ2) is 11.7. The van der Waals surface area contributed by atoms with Gasteiger partial charge in [-0.3, -0.25) is 9.29 Å². The lowest BCUT2D eigenvalue weighted by atomic mass is 10.1. The summed E-state index contributed by atoms with van der Waals surface area (Å²) in [7, 11) is 0. The molecule has 1 saturated heterocycles. The second-order valence-electron chi connectivity index (χ2n) is 6.71. The smallest absolute Gasteiger partial charge is 0.272 e. The molecular weight excluding hydrogens is 445 g/mol. The highest BCUT2D eigenvalue weighted by molar-refractivity contribution is 7.84. The number of nitrogens with zero attached hydrogens (tertiary/aromatic N) is 5. The van der Waals surface area contributed by atoms with Gasteiger partial charge in [0.25, 0.3) is 6.43 Å². The van der Waals surface area contributed by atoms with Gasteiger partial charge in [-0.25, -0.2) is 21.7 Å². The molecule has 0 bridgehead atoms. The average Bonchev–Trinajstić information content (AvgIpc) is 2.81. The van der Waals surface area contributed by atoms with Crippen molar-refractivity contribution in [2.24, 2.45) is 10.2 Å². The first-order valence-corrected chi connectivity index (χ1v) is 10.8. The molecule has 1 atom stereocenters. The third-order valence-corrected chi connectivity index (χ3v) is 6.06. The molecule has 2 aromatic rings. The lowest BCUT2D eigenvalue weighted by Crippen LogP contribution is -2.48. The van der Waals surface area contributed by atoms with Crippen LogP contribution in [0.4, 0.5) is 18.9 Å². The molecule has 0 spiro atoms. The van der Waals surface area contributed by atoms with Crippen molar-refractivity contribution in [3.63, 3.8) is 0 Å². The Labute approximate surface area is 186 Å². The molecule has 3 rings (SSSR count). The SMILES string of the molecule is C=N/N=C(\OCC(F)F)c1ccc(CN(c2cccnc2)S(=O)N2CCNCC2)c(F)c1. The lowest BCUT2D eigenvalue weighted by molar-refractivity contribution is 0.0765. The predicted octanol–water partition coefficient (Wildman–Crippen LogP) is 2.36. The highest BCUT2D eigenvalue weighted by Crippen LogP contribution is 2.22. The Morgan fingerprint density at radius 1 is 1.34 bits per heavy atom. The fraction of sp³-hybridized carbons (Fsp3) is 0.350. The van der Waals surface area contributed by atoms with Gasteiger partial charge < -0.3 is 10.1 Å². The van der Waals surface area contributed by atoms with Crippen LogP contribution in [0.1, 0.15) is 11.1 Å². The maximum absolute atomic E-state index is 15.0. The summed E-state index contributed by atoms with van der Waals surface area (Å²) < 4.78 is 61.5. The number of piperazine rings is 1. The molecule has 8 nitrogen and oxygen atoms in total. The number of benzene rings is 1. The van der Waals surface area contributed by atoms with Crippen molar-refractivity contribution in [2.75, 3.05) is 37.1 Å². The van der Waals surface area contributed by atoms with Crippen LogP contribution in [0.5, 0.6) is 0 Å². The highest BCUT2D eigenvalue weighted by atomic mass is 32.2. The molecule has 1 aromatic carbocycles. The van der Waals surface area contributed by atoms with Gasteiger partial charge >= 0.3 is 0 Å². The van der Waals surface area contributed by atoms with Crippen molar-refractivity contribution in [3.05, 3.63) is 59.7 Å². The van der Waals surface area contributed by atoms with Gasteiger partial charge in [0.05, 0.1) is 18.4 Å². The number of rotatable bonds is 9. The number of nitrogens with one attached hydrogen (secondary N) is 1. The van der Waals surface area contributed by atoms with Gasteiger partial charge in [0.1, 0.15) is 5.82 Å². The van der Waals surface area contributed by atoms with Crippen molar-refractivity contribution in [3.8, 4) is 0 Å². The molecule has 1 aliphatic rings. The van der Waals surface area contributed by atoms with Crippen molar-refractivity contribution in [1.29, 1.82) is 0 Å². The third-order valence-electron chi connectivity index (χ3n) is 4.54. The van der Waals surface area contributed by atoms with Crippen molar-refractivity contribution < 1.29 is 22.1 Å². The van der Waals surface area contributed by atoms with E-state index in [1.165, 1.54) is 12.1 Å². The van der Waals surface area contributed by atoms with E-state index in [1.807, 2.05) is 0 Å². The molecule has 172 valence electrons. The van der Waals surface area contributed by atoms with E-state index in [4.69, 9.17) is 4.74 Å². The first kappa shape index (κ1) is 23.8. The van der Waals surface area contributed by atoms with Crippen LogP contribution in [0.15, 0.2) is 52.9 Å². The van der Waals surface area contributed by atoms with Gasteiger partial charge in [-0.05, 0) is 24.3 Å². The Morgan fingerprint density at radius 2 is 2.12 bits per heavy atom. The fourth-order valence-electron chi connectivity index (χ4n) is 3.02. The second-order valence-corrected chi connectivity index (χ2v) is 8.13. The zero-order chi connectivity index (χ0) is 22.9. The Bertz CT molecular complexity index is 958. The van der Waals surface area contributed by atoms with Crippen LogP contribution < -0.4 is 9.62 Å². The third kappa shape index (κ3) is 6.34. The summed E-state index contributed by atoms with van der Waals surface area (Å²) in [5, 5.41) is 10.1. The van der Waals surface area contributed by atoms with Crippen LogP contribution in [0.25, 0.3) is 0 Å². The molecular formula is C20H23F3N6O2S. The van der Waals surface area contributed by atoms with Crippen LogP contribution in [0.3, 0.4) is 0 Å². The maximum Gasteiger partial charge on any atom is 0.272 e. The number of hydrogen-bond donors (Lipinski definition) is 1. The summed E-state index contributed by atoms with van der Waals surface area (Å²) in [4.78, 5) is 4.08. The summed E-state index contributed by atoms with van der Waals surface area (Å²) in [6.07, 6.45) is 0.436. The Kier molecular flexibility index (Phi) is 8.71. The number of halogens is 3. The number of alkyl halides is 2. The molecule has 0 radical (unpaired) electrons. The highest BCUT2D eigenvalue weighted by Gasteiger charge is 2.25. The van der Waals surface area contributed by atoms with Gasteiger partial charge in [-0.1, -0.05) is 6.07 Å². The normalized spacial score (nSPS) is 16.1. The molecule has 12 heteroatoms. The van der Waals surface area contributed by atoms with E-state index in [1.54, 1.807) is 33.1 Å². The summed E-state index contributed by atoms with van der Waals surface area (Å²) in [6, 6.07) is 7.51. The molecule has 1 unspecified atom stereocenters. The van der Waals surface area contributed by atoms with Crippen LogP contribution in [0.2, 0.25) is 0 Å². The first-order chi connectivity index (χ1) is 15.5. The van der Waals surface area contributed by atoms with Crippen molar-refractivity contribution in [2.45, 2.75) is 13.0 Å². The molecule has 1 fully saturated rings. The predicted molar refractivity (Wildman–Crippen MR) is 117 cm³/mol. The summed E-state index contributed by atoms with van der Waals surface area (Å²) in [6.45, 7) is 4.84. The molecule has 32 heavy (non-hydrogen) atoms. The number of aromatic nitrogens is 1. The Hall–Kier alpha value is -2.83. The summed E-state index contributed by atoms with van der Waals surface area (Å²) >= 11 is -1.56. The van der Waals surface area contributed by atoms with Gasteiger partial charge in [0.2, 0.25) is 5.90 Å². The van der Waals surface area contributed by atoms with Gasteiger partial charge in [-0.15, -0.1) is 5.10 Å². The van der Waals surface area contributed by atoms with Crippen LogP contribution in [0, 0.1) is 5.82 Å². The fourth-order valence-corrected chi connectivity index (χ4v) is 4.33. The topological polar surface area (TPSA) is 82.4 Å². The van der Waals surface area contributed by atoms with Crippen LogP contribution in [-0.2, 0) is 22.5 Å². The lowest BCUT2D eigenvalue weighted by Gasteiger charge is -2.32. The zero-order valence-corrected chi connectivity index (χ0v) is 18.0. The molecule has 0 aliphatic carbocycles. The maximum atomic E-state index is 15.0. The Morgan fingerprint density at radius 3 is 2.75 bits per heavy atom. The standard InChI is InChI=1S/C20H23F3N6O2S/c1-24-27-20(31-14-19(22)23)15-4-5-16(18(21)11-15)13-29(17-3-2-6-26-12-17)32(30)28-9-7-25-8-10-28/h2-6,11-12,19,25H,1,7-10,13-14H2/b27-20-. The Balaban J connectivity index is 1.85. The number of hydrogen-bond acceptors (Lipinski definition) is 6. The minimum absolute atomic E-state index is 0.00157. The minimum Gasteiger partial charge on any atom is -0.470 e. The minimum atomic E-state index is -2.72. The van der Waals surface area contributed by atoms with E-state index < -0.39 is 30.0 Å². The van der Waals surface area contributed by atoms with Gasteiger partial charge in [0.15, 0.2) is 17.8 Å². The largest absolute Gasteiger partial charge is 0.470 e. The van der Waals surface area contributed by atoms with E-state index in [2.05, 4.69) is 27.2 Å². The van der Waals surface area contributed by atoms with E-state index in [0.717, 1.165) is 6.07 Å². The number of anilines is 1.